The van der Waals surface area contributed by atoms with Crippen molar-refractivity contribution in [1.29, 1.82) is 10.5 Å². The lowest BCUT2D eigenvalue weighted by atomic mass is 10.1. The number of nitrogens with zero attached hydrogens (tertiary/aromatic N) is 2. The second-order valence-corrected chi connectivity index (χ2v) is 4.17. The van der Waals surface area contributed by atoms with Gasteiger partial charge in [0.2, 0.25) is 0 Å². The summed E-state index contributed by atoms with van der Waals surface area (Å²) < 4.78 is 0. The first-order valence-electron chi connectivity index (χ1n) is 5.92. The lowest BCUT2D eigenvalue weighted by molar-refractivity contribution is 0.645. The molecule has 3 heteroatoms. The van der Waals surface area contributed by atoms with E-state index >= 15 is 0 Å². The molecule has 3 nitrogen and oxygen atoms in total. The van der Waals surface area contributed by atoms with Crippen molar-refractivity contribution in [3.05, 3.63) is 29.3 Å². The summed E-state index contributed by atoms with van der Waals surface area (Å²) in [7, 11) is 0. The first-order valence-corrected chi connectivity index (χ1v) is 5.92. The van der Waals surface area contributed by atoms with Crippen molar-refractivity contribution in [2.75, 3.05) is 5.32 Å². The van der Waals surface area contributed by atoms with Gasteiger partial charge in [-0.05, 0) is 31.5 Å². The molecule has 1 aromatic carbocycles. The van der Waals surface area contributed by atoms with Gasteiger partial charge in [0.1, 0.15) is 12.1 Å². The molecule has 17 heavy (non-hydrogen) atoms. The van der Waals surface area contributed by atoms with Crippen molar-refractivity contribution < 1.29 is 0 Å². The maximum Gasteiger partial charge on any atom is 0.101 e. The molecule has 0 aromatic heterocycles. The molecule has 0 radical (unpaired) electrons. The smallest absolute Gasteiger partial charge is 0.101 e. The molecule has 1 rings (SSSR count). The van der Waals surface area contributed by atoms with Crippen molar-refractivity contribution in [3.8, 4) is 12.1 Å². The predicted octanol–water partition coefficient (Wildman–Crippen LogP) is 3.42. The molecule has 0 fully saturated rings. The number of hydrogen-bond donors (Lipinski definition) is 1. The Morgan fingerprint density at radius 3 is 2.53 bits per heavy atom. The first kappa shape index (κ1) is 13.1. The highest BCUT2D eigenvalue weighted by molar-refractivity contribution is 5.56. The SMILES string of the molecule is CCCCC(C)Nc1ccc(C#N)c(C#N)c1. The summed E-state index contributed by atoms with van der Waals surface area (Å²) in [4.78, 5) is 0. The van der Waals surface area contributed by atoms with Crippen LogP contribution in [0.15, 0.2) is 18.2 Å². The van der Waals surface area contributed by atoms with E-state index in [1.807, 2.05) is 18.2 Å². The number of rotatable bonds is 5. The van der Waals surface area contributed by atoms with E-state index < -0.39 is 0 Å². The van der Waals surface area contributed by atoms with E-state index in [1.165, 1.54) is 12.8 Å². The van der Waals surface area contributed by atoms with E-state index in [9.17, 15) is 0 Å². The van der Waals surface area contributed by atoms with Crippen LogP contribution in [0.1, 0.15) is 44.2 Å². The van der Waals surface area contributed by atoms with E-state index in [1.54, 1.807) is 12.1 Å². The van der Waals surface area contributed by atoms with Gasteiger partial charge in [0.25, 0.3) is 0 Å². The Kier molecular flexibility index (Phi) is 5.04. The molecule has 1 N–H and O–H groups in total. The number of hydrogen-bond acceptors (Lipinski definition) is 3. The van der Waals surface area contributed by atoms with Gasteiger partial charge in [-0.1, -0.05) is 19.8 Å². The summed E-state index contributed by atoms with van der Waals surface area (Å²) >= 11 is 0. The standard InChI is InChI=1S/C14H17N3/c1-3-4-5-11(2)17-14-7-6-12(9-15)13(8-14)10-16/h6-8,11,17H,3-5H2,1-2H3. The van der Waals surface area contributed by atoms with Crippen molar-refractivity contribution in [1.82, 2.24) is 0 Å². The Labute approximate surface area is 103 Å². The average Bonchev–Trinajstić information content (AvgIpc) is 2.36. The fourth-order valence-corrected chi connectivity index (χ4v) is 1.69. The molecular weight excluding hydrogens is 210 g/mol. The van der Waals surface area contributed by atoms with Crippen molar-refractivity contribution >= 4 is 5.69 Å². The van der Waals surface area contributed by atoms with Crippen LogP contribution in [0.5, 0.6) is 0 Å². The highest BCUT2D eigenvalue weighted by Crippen LogP contribution is 2.16. The van der Waals surface area contributed by atoms with Gasteiger partial charge in [0.15, 0.2) is 0 Å². The number of nitrogens with one attached hydrogen (secondary N) is 1. The third-order valence-corrected chi connectivity index (χ3v) is 2.66. The van der Waals surface area contributed by atoms with Crippen LogP contribution in [0.25, 0.3) is 0 Å². The van der Waals surface area contributed by atoms with Crippen LogP contribution in [0, 0.1) is 22.7 Å². The minimum Gasteiger partial charge on any atom is -0.383 e. The van der Waals surface area contributed by atoms with Crippen LogP contribution >= 0.6 is 0 Å². The van der Waals surface area contributed by atoms with Crippen molar-refractivity contribution in [2.45, 2.75) is 39.2 Å². The number of nitriles is 2. The summed E-state index contributed by atoms with van der Waals surface area (Å²) in [6, 6.07) is 9.71. The Balaban J connectivity index is 2.74. The molecule has 88 valence electrons. The minimum atomic E-state index is 0.384. The molecule has 0 amide bonds. The lowest BCUT2D eigenvalue weighted by Crippen LogP contribution is -2.14. The zero-order valence-corrected chi connectivity index (χ0v) is 10.3. The normalized spacial score (nSPS) is 11.3. The Morgan fingerprint density at radius 2 is 1.94 bits per heavy atom. The second-order valence-electron chi connectivity index (χ2n) is 4.17. The number of benzene rings is 1. The largest absolute Gasteiger partial charge is 0.383 e. The molecule has 0 bridgehead atoms. The zero-order valence-electron chi connectivity index (χ0n) is 10.3. The second kappa shape index (κ2) is 6.55. The average molecular weight is 227 g/mol. The highest BCUT2D eigenvalue weighted by atomic mass is 14.9. The first-order chi connectivity index (χ1) is 8.21. The van der Waals surface area contributed by atoms with E-state index in [0.29, 0.717) is 17.2 Å². The molecule has 0 aliphatic heterocycles. The lowest BCUT2D eigenvalue weighted by Gasteiger charge is -2.15. The molecule has 1 aromatic rings. The van der Waals surface area contributed by atoms with E-state index in [4.69, 9.17) is 10.5 Å². The third-order valence-electron chi connectivity index (χ3n) is 2.66. The summed E-state index contributed by atoms with van der Waals surface area (Å²) in [6.45, 7) is 4.29. The topological polar surface area (TPSA) is 59.6 Å². The van der Waals surface area contributed by atoms with Crippen LogP contribution in [0.4, 0.5) is 5.69 Å². The molecule has 0 spiro atoms. The molecule has 1 atom stereocenters. The summed E-state index contributed by atoms with van der Waals surface area (Å²) in [5.74, 6) is 0. The van der Waals surface area contributed by atoms with E-state index in [0.717, 1.165) is 12.1 Å². The molecule has 0 saturated heterocycles. The van der Waals surface area contributed by atoms with Gasteiger partial charge in [0, 0.05) is 11.7 Å². The van der Waals surface area contributed by atoms with Gasteiger partial charge in [-0.25, -0.2) is 0 Å². The van der Waals surface area contributed by atoms with Gasteiger partial charge in [0.05, 0.1) is 11.1 Å². The highest BCUT2D eigenvalue weighted by Gasteiger charge is 2.05. The van der Waals surface area contributed by atoms with Gasteiger partial charge in [-0.2, -0.15) is 10.5 Å². The maximum atomic E-state index is 8.92. The maximum absolute atomic E-state index is 8.92. The van der Waals surface area contributed by atoms with Gasteiger partial charge < -0.3 is 5.32 Å². The molecule has 0 saturated carbocycles. The van der Waals surface area contributed by atoms with E-state index in [-0.39, 0.29) is 0 Å². The zero-order chi connectivity index (χ0) is 12.7. The Hall–Kier alpha value is -2.00. The Morgan fingerprint density at radius 1 is 1.24 bits per heavy atom. The van der Waals surface area contributed by atoms with Crippen LogP contribution in [0.2, 0.25) is 0 Å². The van der Waals surface area contributed by atoms with Crippen LogP contribution in [-0.4, -0.2) is 6.04 Å². The predicted molar refractivity (Wildman–Crippen MR) is 68.5 cm³/mol. The van der Waals surface area contributed by atoms with Gasteiger partial charge in [-0.3, -0.25) is 0 Å². The van der Waals surface area contributed by atoms with Crippen LogP contribution in [0.3, 0.4) is 0 Å². The monoisotopic (exact) mass is 227 g/mol. The summed E-state index contributed by atoms with van der Waals surface area (Å²) in [5, 5.41) is 21.1. The summed E-state index contributed by atoms with van der Waals surface area (Å²) in [5.41, 5.74) is 1.77. The molecule has 0 aliphatic rings. The van der Waals surface area contributed by atoms with E-state index in [2.05, 4.69) is 19.2 Å². The summed E-state index contributed by atoms with van der Waals surface area (Å²) in [6.07, 6.45) is 3.48. The van der Waals surface area contributed by atoms with Crippen LogP contribution < -0.4 is 5.32 Å². The molecular formula is C14H17N3. The molecule has 0 heterocycles. The molecule has 0 aliphatic carbocycles. The number of anilines is 1. The molecule has 1 unspecified atom stereocenters. The van der Waals surface area contributed by atoms with Crippen LogP contribution in [-0.2, 0) is 0 Å². The fourth-order valence-electron chi connectivity index (χ4n) is 1.69. The minimum absolute atomic E-state index is 0.384. The van der Waals surface area contributed by atoms with Gasteiger partial charge in [-0.15, -0.1) is 0 Å². The fraction of sp³-hybridized carbons (Fsp3) is 0.429. The van der Waals surface area contributed by atoms with Gasteiger partial charge >= 0.3 is 0 Å². The van der Waals surface area contributed by atoms with Crippen molar-refractivity contribution in [2.24, 2.45) is 0 Å². The number of unbranched alkanes of at least 4 members (excludes halogenated alkanes) is 1. The Bertz CT molecular complexity index is 452. The quantitative estimate of drug-likeness (QED) is 0.838. The van der Waals surface area contributed by atoms with Crippen molar-refractivity contribution in [3.63, 3.8) is 0 Å². The third kappa shape index (κ3) is 3.81.